The Bertz CT molecular complexity index is 312. The third-order valence-corrected chi connectivity index (χ3v) is 6.26. The van der Waals surface area contributed by atoms with E-state index < -0.39 is 0 Å². The summed E-state index contributed by atoms with van der Waals surface area (Å²) in [6.45, 7) is 3.46. The molecular weight excluding hydrogens is 240 g/mol. The van der Waals surface area contributed by atoms with Crippen LogP contribution in [0, 0.1) is 11.8 Å². The number of thioether (sulfide) groups is 1. The van der Waals surface area contributed by atoms with Crippen molar-refractivity contribution in [1.82, 2.24) is 5.32 Å². The maximum absolute atomic E-state index is 4.84. The minimum atomic E-state index is 0.408. The number of aliphatic imine (C=N–C) groups is 1. The highest BCUT2D eigenvalue weighted by molar-refractivity contribution is 8.14. The fraction of sp³-hybridized carbons (Fsp3) is 0.933. The van der Waals surface area contributed by atoms with Gasteiger partial charge >= 0.3 is 0 Å². The van der Waals surface area contributed by atoms with Crippen LogP contribution < -0.4 is 5.32 Å². The molecule has 1 N–H and O–H groups in total. The van der Waals surface area contributed by atoms with Crippen LogP contribution in [0.25, 0.3) is 0 Å². The van der Waals surface area contributed by atoms with E-state index in [0.717, 1.165) is 18.4 Å². The van der Waals surface area contributed by atoms with Crippen LogP contribution in [0.15, 0.2) is 4.99 Å². The molecular formula is C15H26N2S. The van der Waals surface area contributed by atoms with Gasteiger partial charge in [0.25, 0.3) is 0 Å². The van der Waals surface area contributed by atoms with E-state index in [9.17, 15) is 0 Å². The topological polar surface area (TPSA) is 24.4 Å². The lowest BCUT2D eigenvalue weighted by atomic mass is 9.78. The Kier molecular flexibility index (Phi) is 3.88. The second-order valence-electron chi connectivity index (χ2n) is 6.67. The first-order chi connectivity index (χ1) is 8.76. The third kappa shape index (κ3) is 2.87. The third-order valence-electron chi connectivity index (χ3n) is 5.06. The van der Waals surface area contributed by atoms with Crippen LogP contribution in [0.3, 0.4) is 0 Å². The van der Waals surface area contributed by atoms with Crippen molar-refractivity contribution in [2.24, 2.45) is 16.8 Å². The van der Waals surface area contributed by atoms with Gasteiger partial charge in [0.1, 0.15) is 0 Å². The molecule has 0 amide bonds. The zero-order valence-corrected chi connectivity index (χ0v) is 12.4. The predicted molar refractivity (Wildman–Crippen MR) is 80.2 cm³/mol. The first-order valence-corrected chi connectivity index (χ1v) is 8.70. The van der Waals surface area contributed by atoms with E-state index in [1.165, 1.54) is 62.3 Å². The summed E-state index contributed by atoms with van der Waals surface area (Å²) in [7, 11) is 0. The van der Waals surface area contributed by atoms with Gasteiger partial charge in [-0.15, -0.1) is 0 Å². The van der Waals surface area contributed by atoms with E-state index in [1.807, 2.05) is 11.8 Å². The summed E-state index contributed by atoms with van der Waals surface area (Å²) in [6.07, 6.45) is 11.2. The number of rotatable bonds is 2. The second-order valence-corrected chi connectivity index (χ2v) is 7.64. The van der Waals surface area contributed by atoms with Crippen molar-refractivity contribution < 1.29 is 0 Å². The Morgan fingerprint density at radius 2 is 1.94 bits per heavy atom. The smallest absolute Gasteiger partial charge is 0.157 e. The van der Waals surface area contributed by atoms with Gasteiger partial charge in [-0.1, -0.05) is 31.5 Å². The van der Waals surface area contributed by atoms with Gasteiger partial charge in [0.05, 0.1) is 0 Å². The number of hydrogen-bond donors (Lipinski definition) is 1. The first-order valence-electron chi connectivity index (χ1n) is 7.71. The van der Waals surface area contributed by atoms with Crippen LogP contribution in [0.2, 0.25) is 0 Å². The molecule has 18 heavy (non-hydrogen) atoms. The molecule has 0 atom stereocenters. The highest BCUT2D eigenvalue weighted by Gasteiger charge is 2.39. The van der Waals surface area contributed by atoms with Gasteiger partial charge in [0.2, 0.25) is 0 Å². The number of nitrogens with one attached hydrogen (secondary N) is 1. The van der Waals surface area contributed by atoms with Gasteiger partial charge in [0.15, 0.2) is 5.17 Å². The van der Waals surface area contributed by atoms with Gasteiger partial charge in [0, 0.05) is 17.8 Å². The average molecular weight is 266 g/mol. The van der Waals surface area contributed by atoms with E-state index in [2.05, 4.69) is 12.2 Å². The number of hydrogen-bond acceptors (Lipinski definition) is 2. The standard InChI is InChI=1S/C15H26N2S/c1-12-6-8-15(9-7-12)11-18-14(17-15)16-10-13-4-2-3-5-13/h12-13H,2-11H2,1H3,(H,16,17). The highest BCUT2D eigenvalue weighted by atomic mass is 32.2. The Morgan fingerprint density at radius 1 is 1.22 bits per heavy atom. The van der Waals surface area contributed by atoms with Crippen LogP contribution in [0.1, 0.15) is 58.3 Å². The molecule has 3 aliphatic rings. The molecule has 0 aromatic carbocycles. The molecule has 3 heteroatoms. The largest absolute Gasteiger partial charge is 0.359 e. The fourth-order valence-electron chi connectivity index (χ4n) is 3.58. The minimum absolute atomic E-state index is 0.408. The Hall–Kier alpha value is -0.180. The van der Waals surface area contributed by atoms with E-state index in [4.69, 9.17) is 4.99 Å². The summed E-state index contributed by atoms with van der Waals surface area (Å²) in [5, 5.41) is 5.01. The van der Waals surface area contributed by atoms with Crippen molar-refractivity contribution in [2.75, 3.05) is 12.3 Å². The molecule has 0 unspecified atom stereocenters. The van der Waals surface area contributed by atoms with Gasteiger partial charge in [-0.3, -0.25) is 4.99 Å². The Balaban J connectivity index is 1.52. The molecule has 0 aromatic rings. The molecule has 2 aliphatic carbocycles. The summed E-state index contributed by atoms with van der Waals surface area (Å²) in [5.41, 5.74) is 0.408. The van der Waals surface area contributed by atoms with E-state index in [0.29, 0.717) is 5.54 Å². The second kappa shape index (κ2) is 5.44. The SMILES string of the molecule is CC1CCC2(CC1)CSC(=NCC1CCCC1)N2. The van der Waals surface area contributed by atoms with E-state index >= 15 is 0 Å². The quantitative estimate of drug-likeness (QED) is 0.821. The van der Waals surface area contributed by atoms with Crippen molar-refractivity contribution in [1.29, 1.82) is 0 Å². The first kappa shape index (κ1) is 12.8. The molecule has 0 aromatic heterocycles. The lowest BCUT2D eigenvalue weighted by Crippen LogP contribution is -2.46. The molecule has 3 rings (SSSR count). The van der Waals surface area contributed by atoms with Crippen molar-refractivity contribution >= 4 is 16.9 Å². The lowest BCUT2D eigenvalue weighted by Gasteiger charge is -2.35. The molecule has 0 radical (unpaired) electrons. The maximum Gasteiger partial charge on any atom is 0.157 e. The zero-order chi connectivity index (χ0) is 12.4. The highest BCUT2D eigenvalue weighted by Crippen LogP contribution is 2.38. The molecule has 1 spiro atoms. The molecule has 3 fully saturated rings. The predicted octanol–water partition coefficient (Wildman–Crippen LogP) is 3.82. The number of nitrogens with zero attached hydrogens (tertiary/aromatic N) is 1. The van der Waals surface area contributed by atoms with Crippen molar-refractivity contribution in [3.05, 3.63) is 0 Å². The molecule has 2 saturated carbocycles. The molecule has 1 saturated heterocycles. The number of amidine groups is 1. The van der Waals surface area contributed by atoms with Gasteiger partial charge < -0.3 is 5.32 Å². The lowest BCUT2D eigenvalue weighted by molar-refractivity contribution is 0.250. The molecule has 1 heterocycles. The fourth-order valence-corrected chi connectivity index (χ4v) is 4.81. The van der Waals surface area contributed by atoms with Gasteiger partial charge in [-0.05, 0) is 50.4 Å². The summed E-state index contributed by atoms with van der Waals surface area (Å²) in [4.78, 5) is 4.84. The molecule has 102 valence electrons. The molecule has 0 bridgehead atoms. The van der Waals surface area contributed by atoms with Crippen LogP contribution >= 0.6 is 11.8 Å². The summed E-state index contributed by atoms with van der Waals surface area (Å²) < 4.78 is 0. The molecule has 2 nitrogen and oxygen atoms in total. The average Bonchev–Trinajstić information content (AvgIpc) is 3.02. The summed E-state index contributed by atoms with van der Waals surface area (Å²) >= 11 is 1.97. The molecule has 1 aliphatic heterocycles. The summed E-state index contributed by atoms with van der Waals surface area (Å²) in [5.74, 6) is 3.06. The van der Waals surface area contributed by atoms with Crippen molar-refractivity contribution in [3.8, 4) is 0 Å². The zero-order valence-electron chi connectivity index (χ0n) is 11.6. The van der Waals surface area contributed by atoms with Crippen LogP contribution in [-0.2, 0) is 0 Å². The minimum Gasteiger partial charge on any atom is -0.359 e. The van der Waals surface area contributed by atoms with E-state index in [1.54, 1.807) is 0 Å². The van der Waals surface area contributed by atoms with Crippen LogP contribution in [0.5, 0.6) is 0 Å². The normalized spacial score (nSPS) is 39.6. The Labute approximate surface area is 115 Å². The van der Waals surface area contributed by atoms with Gasteiger partial charge in [-0.2, -0.15) is 0 Å². The summed E-state index contributed by atoms with van der Waals surface area (Å²) in [6, 6.07) is 0. The van der Waals surface area contributed by atoms with Crippen LogP contribution in [0.4, 0.5) is 0 Å². The van der Waals surface area contributed by atoms with Crippen LogP contribution in [-0.4, -0.2) is 23.0 Å². The Morgan fingerprint density at radius 3 is 2.67 bits per heavy atom. The maximum atomic E-state index is 4.84. The van der Waals surface area contributed by atoms with Gasteiger partial charge in [-0.25, -0.2) is 0 Å². The van der Waals surface area contributed by atoms with Crippen molar-refractivity contribution in [3.63, 3.8) is 0 Å². The van der Waals surface area contributed by atoms with E-state index in [-0.39, 0.29) is 0 Å². The van der Waals surface area contributed by atoms with Crippen molar-refractivity contribution in [2.45, 2.75) is 63.8 Å². The monoisotopic (exact) mass is 266 g/mol.